The van der Waals surface area contributed by atoms with Gasteiger partial charge in [0.2, 0.25) is 0 Å². The van der Waals surface area contributed by atoms with Crippen LogP contribution in [0.5, 0.6) is 11.5 Å². The Kier molecular flexibility index (Phi) is 6.39. The molecular weight excluding hydrogens is 422 g/mol. The molecule has 4 rings (SSSR count). The first-order valence-electron chi connectivity index (χ1n) is 10.5. The first-order chi connectivity index (χ1) is 16.0. The van der Waals surface area contributed by atoms with Crippen molar-refractivity contribution < 1.29 is 19.1 Å². The molecule has 1 aromatic heterocycles. The van der Waals surface area contributed by atoms with Gasteiger partial charge >= 0.3 is 0 Å². The van der Waals surface area contributed by atoms with E-state index in [-0.39, 0.29) is 24.3 Å². The lowest BCUT2D eigenvalue weighted by atomic mass is 9.98. The lowest BCUT2D eigenvalue weighted by Gasteiger charge is -2.19. The Balaban J connectivity index is 1.47. The van der Waals surface area contributed by atoms with Crippen LogP contribution in [-0.2, 0) is 4.79 Å². The van der Waals surface area contributed by atoms with E-state index in [2.05, 4.69) is 32.8 Å². The van der Waals surface area contributed by atoms with Crippen molar-refractivity contribution >= 4 is 23.3 Å². The average molecular weight is 447 g/mol. The Morgan fingerprint density at radius 1 is 1.21 bits per heavy atom. The summed E-state index contributed by atoms with van der Waals surface area (Å²) in [4.78, 5) is 32.1. The Hall–Kier alpha value is -4.14. The van der Waals surface area contributed by atoms with E-state index in [9.17, 15) is 9.59 Å². The molecule has 0 saturated carbocycles. The number of aromatic nitrogens is 2. The lowest BCUT2D eigenvalue weighted by molar-refractivity contribution is -0.118. The molecule has 2 aromatic carbocycles. The van der Waals surface area contributed by atoms with Gasteiger partial charge in [0.1, 0.15) is 23.6 Å². The second-order valence-corrected chi connectivity index (χ2v) is 7.65. The van der Waals surface area contributed by atoms with Crippen LogP contribution < -0.4 is 25.4 Å². The van der Waals surface area contributed by atoms with E-state index in [1.165, 1.54) is 6.33 Å². The van der Waals surface area contributed by atoms with Crippen LogP contribution >= 0.6 is 0 Å². The Morgan fingerprint density at radius 3 is 2.85 bits per heavy atom. The fourth-order valence-electron chi connectivity index (χ4n) is 3.62. The average Bonchev–Trinajstić information content (AvgIpc) is 2.86. The van der Waals surface area contributed by atoms with Gasteiger partial charge in [0, 0.05) is 36.7 Å². The minimum Gasteiger partial charge on any atom is -0.496 e. The number of anilines is 2. The maximum Gasteiger partial charge on any atom is 0.262 e. The molecule has 2 heterocycles. The summed E-state index contributed by atoms with van der Waals surface area (Å²) in [6, 6.07) is 12.8. The van der Waals surface area contributed by atoms with Gasteiger partial charge in [0.15, 0.2) is 6.61 Å². The summed E-state index contributed by atoms with van der Waals surface area (Å²) < 4.78 is 11.0. The molecular formula is C24H25N5O4. The van der Waals surface area contributed by atoms with Crippen molar-refractivity contribution in [1.82, 2.24) is 15.3 Å². The predicted octanol–water partition coefficient (Wildman–Crippen LogP) is 3.06. The van der Waals surface area contributed by atoms with Crippen LogP contribution in [0, 0.1) is 0 Å². The summed E-state index contributed by atoms with van der Waals surface area (Å²) in [7, 11) is 3.19. The molecule has 2 amide bonds. The smallest absolute Gasteiger partial charge is 0.262 e. The van der Waals surface area contributed by atoms with Crippen LogP contribution in [0.15, 0.2) is 48.8 Å². The summed E-state index contributed by atoms with van der Waals surface area (Å²) in [6.45, 7) is 2.67. The van der Waals surface area contributed by atoms with Gasteiger partial charge in [-0.15, -0.1) is 0 Å². The van der Waals surface area contributed by atoms with Gasteiger partial charge in [-0.25, -0.2) is 9.97 Å². The Bertz CT molecular complexity index is 1200. The maximum absolute atomic E-state index is 11.9. The maximum atomic E-state index is 11.9. The van der Waals surface area contributed by atoms with Crippen molar-refractivity contribution in [2.45, 2.75) is 12.8 Å². The summed E-state index contributed by atoms with van der Waals surface area (Å²) >= 11 is 0. The van der Waals surface area contributed by atoms with Crippen molar-refractivity contribution in [1.29, 1.82) is 0 Å². The quantitative estimate of drug-likeness (QED) is 0.510. The first kappa shape index (κ1) is 22.1. The van der Waals surface area contributed by atoms with E-state index >= 15 is 0 Å². The van der Waals surface area contributed by atoms with Crippen LogP contribution in [0.25, 0.3) is 11.3 Å². The van der Waals surface area contributed by atoms with Crippen LogP contribution in [0.3, 0.4) is 0 Å². The summed E-state index contributed by atoms with van der Waals surface area (Å²) in [5.74, 6) is 1.72. The molecule has 0 fully saturated rings. The number of carbonyl (C=O) groups is 2. The predicted molar refractivity (Wildman–Crippen MR) is 125 cm³/mol. The molecule has 0 unspecified atom stereocenters. The van der Waals surface area contributed by atoms with E-state index in [1.54, 1.807) is 32.4 Å². The third-order valence-corrected chi connectivity index (χ3v) is 5.42. The van der Waals surface area contributed by atoms with Gasteiger partial charge in [0.25, 0.3) is 11.8 Å². The van der Waals surface area contributed by atoms with Crippen molar-refractivity contribution in [3.05, 3.63) is 59.9 Å². The van der Waals surface area contributed by atoms with E-state index in [0.717, 1.165) is 16.8 Å². The molecule has 1 aliphatic rings. The molecule has 9 heteroatoms. The highest BCUT2D eigenvalue weighted by Crippen LogP contribution is 2.33. The van der Waals surface area contributed by atoms with Crippen molar-refractivity contribution in [3.63, 3.8) is 0 Å². The second-order valence-electron chi connectivity index (χ2n) is 7.65. The highest BCUT2D eigenvalue weighted by atomic mass is 16.5. The Morgan fingerprint density at radius 2 is 2.06 bits per heavy atom. The highest BCUT2D eigenvalue weighted by Gasteiger charge is 2.17. The number of nitrogens with zero attached hydrogens (tertiary/aromatic N) is 2. The van der Waals surface area contributed by atoms with Crippen molar-refractivity contribution in [2.24, 2.45) is 0 Å². The third-order valence-electron chi connectivity index (χ3n) is 5.42. The SMILES string of the molecule is CNC(=O)c1ccc([C@H](C)CNc2cc(-c3ccc4c(c3)OCC(=O)N4)ncn2)c(OC)c1. The molecule has 0 aliphatic carbocycles. The number of nitrogens with one attached hydrogen (secondary N) is 3. The topological polar surface area (TPSA) is 114 Å². The molecule has 3 aromatic rings. The normalized spacial score (nSPS) is 13.2. The van der Waals surface area contributed by atoms with Crippen LogP contribution in [0.1, 0.15) is 28.8 Å². The summed E-state index contributed by atoms with van der Waals surface area (Å²) in [6.07, 6.45) is 1.50. The van der Waals surface area contributed by atoms with Crippen LogP contribution in [0.2, 0.25) is 0 Å². The Labute approximate surface area is 191 Å². The standard InChI is InChI=1S/C24H25N5O4/c1-14(17-6-4-16(24(31)25-2)9-20(17)32-3)11-26-22-10-19(27-13-28-22)15-5-7-18-21(8-15)33-12-23(30)29-18/h4-10,13-14H,11-12H2,1-3H3,(H,25,31)(H,29,30)(H,26,27,28)/t14-/m1/s1. The van der Waals surface area contributed by atoms with Crippen LogP contribution in [0.4, 0.5) is 11.5 Å². The molecule has 0 bridgehead atoms. The largest absolute Gasteiger partial charge is 0.496 e. The van der Waals surface area contributed by atoms with E-state index in [1.807, 2.05) is 24.3 Å². The van der Waals surface area contributed by atoms with E-state index in [0.29, 0.717) is 35.1 Å². The van der Waals surface area contributed by atoms with E-state index < -0.39 is 0 Å². The second kappa shape index (κ2) is 9.56. The number of methoxy groups -OCH3 is 1. The van der Waals surface area contributed by atoms with Gasteiger partial charge in [-0.05, 0) is 29.8 Å². The highest BCUT2D eigenvalue weighted by molar-refractivity contribution is 5.96. The number of amides is 2. The molecule has 9 nitrogen and oxygen atoms in total. The number of ether oxygens (including phenoxy) is 2. The summed E-state index contributed by atoms with van der Waals surface area (Å²) in [5, 5.41) is 8.74. The molecule has 0 radical (unpaired) electrons. The molecule has 170 valence electrons. The van der Waals surface area contributed by atoms with Crippen LogP contribution in [-0.4, -0.2) is 49.1 Å². The molecule has 33 heavy (non-hydrogen) atoms. The molecule has 1 atom stereocenters. The molecule has 0 saturated heterocycles. The van der Waals surface area contributed by atoms with Gasteiger partial charge in [-0.2, -0.15) is 0 Å². The zero-order chi connectivity index (χ0) is 23.4. The monoisotopic (exact) mass is 447 g/mol. The fraction of sp³-hybridized carbons (Fsp3) is 0.250. The molecule has 3 N–H and O–H groups in total. The lowest BCUT2D eigenvalue weighted by Crippen LogP contribution is -2.25. The zero-order valence-electron chi connectivity index (χ0n) is 18.6. The molecule has 1 aliphatic heterocycles. The van der Waals surface area contributed by atoms with Gasteiger partial charge < -0.3 is 25.4 Å². The fourth-order valence-corrected chi connectivity index (χ4v) is 3.62. The zero-order valence-corrected chi connectivity index (χ0v) is 18.6. The number of fused-ring (bicyclic) bond motifs is 1. The van der Waals surface area contributed by atoms with Crippen molar-refractivity contribution in [3.8, 4) is 22.8 Å². The van der Waals surface area contributed by atoms with Crippen molar-refractivity contribution in [2.75, 3.05) is 37.9 Å². The first-order valence-corrected chi connectivity index (χ1v) is 10.5. The number of hydrogen-bond acceptors (Lipinski definition) is 7. The number of hydrogen-bond donors (Lipinski definition) is 3. The van der Waals surface area contributed by atoms with Gasteiger partial charge in [-0.1, -0.05) is 19.1 Å². The van der Waals surface area contributed by atoms with E-state index in [4.69, 9.17) is 9.47 Å². The van der Waals surface area contributed by atoms with Gasteiger partial charge in [0.05, 0.1) is 18.5 Å². The number of rotatable bonds is 7. The summed E-state index contributed by atoms with van der Waals surface area (Å²) in [5.41, 5.74) is 3.77. The minimum atomic E-state index is -0.169. The molecule has 0 spiro atoms. The van der Waals surface area contributed by atoms with Gasteiger partial charge in [-0.3, -0.25) is 9.59 Å². The number of carbonyl (C=O) groups excluding carboxylic acids is 2. The third kappa shape index (κ3) is 4.87. The number of benzene rings is 2. The minimum absolute atomic E-state index is 0.00151.